The van der Waals surface area contributed by atoms with Gasteiger partial charge in [-0.3, -0.25) is 4.98 Å². The predicted molar refractivity (Wildman–Crippen MR) is 108 cm³/mol. The molecule has 0 radical (unpaired) electrons. The van der Waals surface area contributed by atoms with Crippen LogP contribution in [0.4, 0.5) is 0 Å². The van der Waals surface area contributed by atoms with E-state index in [9.17, 15) is 5.26 Å². The number of rotatable bonds is 2. The lowest BCUT2D eigenvalue weighted by Crippen LogP contribution is -1.93. The topological polar surface area (TPSA) is 49.8 Å². The highest BCUT2D eigenvalue weighted by molar-refractivity contribution is 9.10. The number of aromatic nitrogens is 1. The number of benzene rings is 2. The van der Waals surface area contributed by atoms with Crippen molar-refractivity contribution in [3.05, 3.63) is 63.8 Å². The molecule has 0 aliphatic rings. The molecule has 0 unspecified atom stereocenters. The van der Waals surface area contributed by atoms with E-state index in [1.165, 1.54) is 5.56 Å². The highest BCUT2D eigenvalue weighted by Gasteiger charge is 2.17. The van der Waals surface area contributed by atoms with Crippen LogP contribution in [0.25, 0.3) is 33.2 Å². The smallest absolute Gasteiger partial charge is 0.144 e. The molecule has 0 aliphatic carbocycles. The fraction of sp³-hybridized carbons (Fsp3) is 0.182. The quantitative estimate of drug-likeness (QED) is 0.372. The van der Waals surface area contributed by atoms with Crippen LogP contribution in [-0.4, -0.2) is 4.98 Å². The Labute approximate surface area is 160 Å². The van der Waals surface area contributed by atoms with E-state index in [0.717, 1.165) is 43.2 Å². The first kappa shape index (κ1) is 16.8. The van der Waals surface area contributed by atoms with Crippen LogP contribution >= 0.6 is 15.9 Å². The van der Waals surface area contributed by atoms with Crippen molar-refractivity contribution in [2.45, 2.75) is 26.7 Å². The van der Waals surface area contributed by atoms with Gasteiger partial charge in [-0.2, -0.15) is 5.26 Å². The van der Waals surface area contributed by atoms with Gasteiger partial charge in [-0.15, -0.1) is 0 Å². The zero-order chi connectivity index (χ0) is 18.4. The summed E-state index contributed by atoms with van der Waals surface area (Å²) < 4.78 is 7.26. The number of furan rings is 1. The fourth-order valence-electron chi connectivity index (χ4n) is 3.36. The van der Waals surface area contributed by atoms with Gasteiger partial charge >= 0.3 is 0 Å². The minimum Gasteiger partial charge on any atom is -0.455 e. The van der Waals surface area contributed by atoms with E-state index in [0.29, 0.717) is 11.5 Å². The molecule has 4 aromatic rings. The molecule has 2 aromatic heterocycles. The number of para-hydroxylation sites is 1. The second-order valence-corrected chi connectivity index (χ2v) is 7.61. The summed E-state index contributed by atoms with van der Waals surface area (Å²) >= 11 is 3.59. The lowest BCUT2D eigenvalue weighted by molar-refractivity contribution is 0.666. The molecule has 0 bridgehead atoms. The highest BCUT2D eigenvalue weighted by atomic mass is 79.9. The standard InChI is InChI=1S/C22H17BrN2O/c1-12(2)18-9-20(25-11-19(18)23)17-6-4-5-15-16-8-7-14(10-24)13(3)21(16)26-22(15)17/h4-9,11-12H,1-3H3. The number of fused-ring (bicyclic) bond motifs is 3. The van der Waals surface area contributed by atoms with Gasteiger partial charge in [0.05, 0.1) is 17.3 Å². The summed E-state index contributed by atoms with van der Waals surface area (Å²) in [6.45, 7) is 6.26. The minimum atomic E-state index is 0.390. The van der Waals surface area contributed by atoms with E-state index >= 15 is 0 Å². The summed E-state index contributed by atoms with van der Waals surface area (Å²) in [5.41, 5.74) is 6.16. The Balaban J connectivity index is 2.03. The maximum atomic E-state index is 9.29. The van der Waals surface area contributed by atoms with E-state index in [-0.39, 0.29) is 0 Å². The Kier molecular flexibility index (Phi) is 4.05. The number of aryl methyl sites for hydroxylation is 1. The first-order valence-corrected chi connectivity index (χ1v) is 9.31. The molecule has 2 aromatic carbocycles. The largest absolute Gasteiger partial charge is 0.455 e. The Morgan fingerprint density at radius 3 is 2.62 bits per heavy atom. The summed E-state index contributed by atoms with van der Waals surface area (Å²) in [7, 11) is 0. The number of pyridine rings is 1. The molecular weight excluding hydrogens is 388 g/mol. The maximum Gasteiger partial charge on any atom is 0.144 e. The summed E-state index contributed by atoms with van der Waals surface area (Å²) in [6.07, 6.45) is 1.85. The number of hydrogen-bond acceptors (Lipinski definition) is 3. The van der Waals surface area contributed by atoms with Crippen LogP contribution in [0.1, 0.15) is 36.5 Å². The Bertz CT molecular complexity index is 1200. The third kappa shape index (κ3) is 2.51. The molecule has 0 amide bonds. The van der Waals surface area contributed by atoms with Crippen LogP contribution in [0.15, 0.2) is 51.5 Å². The molecule has 0 fully saturated rings. The van der Waals surface area contributed by atoms with Crippen LogP contribution in [0.2, 0.25) is 0 Å². The number of nitrogens with zero attached hydrogens (tertiary/aromatic N) is 2. The zero-order valence-corrected chi connectivity index (χ0v) is 16.4. The number of halogens is 1. The van der Waals surface area contributed by atoms with Gasteiger partial charge in [0, 0.05) is 32.6 Å². The molecule has 0 spiro atoms. The van der Waals surface area contributed by atoms with Crippen molar-refractivity contribution in [2.24, 2.45) is 0 Å². The van der Waals surface area contributed by atoms with E-state index in [2.05, 4.69) is 53.0 Å². The monoisotopic (exact) mass is 404 g/mol. The Morgan fingerprint density at radius 1 is 1.12 bits per heavy atom. The molecule has 0 aliphatic heterocycles. The van der Waals surface area contributed by atoms with Gasteiger partial charge < -0.3 is 4.42 Å². The van der Waals surface area contributed by atoms with Crippen molar-refractivity contribution < 1.29 is 4.42 Å². The molecule has 4 rings (SSSR count). The highest BCUT2D eigenvalue weighted by Crippen LogP contribution is 2.38. The van der Waals surface area contributed by atoms with E-state index in [1.807, 2.05) is 37.4 Å². The average molecular weight is 405 g/mol. The summed E-state index contributed by atoms with van der Waals surface area (Å²) in [5, 5.41) is 11.4. The Hall–Kier alpha value is -2.64. The molecule has 26 heavy (non-hydrogen) atoms. The van der Waals surface area contributed by atoms with Gasteiger partial charge in [0.25, 0.3) is 0 Å². The maximum absolute atomic E-state index is 9.29. The second kappa shape index (κ2) is 6.26. The van der Waals surface area contributed by atoms with Crippen molar-refractivity contribution >= 4 is 37.9 Å². The van der Waals surface area contributed by atoms with Gasteiger partial charge in [0.15, 0.2) is 0 Å². The molecule has 0 N–H and O–H groups in total. The number of hydrogen-bond donors (Lipinski definition) is 0. The predicted octanol–water partition coefficient (Wildman–Crippen LogP) is 6.71. The van der Waals surface area contributed by atoms with Gasteiger partial charge in [-0.05, 0) is 58.6 Å². The van der Waals surface area contributed by atoms with E-state index in [1.54, 1.807) is 0 Å². The first-order valence-electron chi connectivity index (χ1n) is 8.52. The van der Waals surface area contributed by atoms with Gasteiger partial charge in [-0.1, -0.05) is 26.0 Å². The van der Waals surface area contributed by atoms with Crippen molar-refractivity contribution in [3.8, 4) is 17.3 Å². The molecular formula is C22H17BrN2O. The molecule has 128 valence electrons. The van der Waals surface area contributed by atoms with Gasteiger partial charge in [-0.25, -0.2) is 0 Å². The molecule has 0 saturated heterocycles. The summed E-state index contributed by atoms with van der Waals surface area (Å²) in [6, 6.07) is 14.3. The van der Waals surface area contributed by atoms with Crippen molar-refractivity contribution in [1.29, 1.82) is 5.26 Å². The third-order valence-electron chi connectivity index (χ3n) is 4.82. The lowest BCUT2D eigenvalue weighted by atomic mass is 10.00. The first-order chi connectivity index (χ1) is 12.5. The fourth-order valence-corrected chi connectivity index (χ4v) is 4.04. The SMILES string of the molecule is Cc1c(C#N)ccc2c1oc1c(-c3cc(C(C)C)c(Br)cn3)cccc12. The van der Waals surface area contributed by atoms with E-state index in [4.69, 9.17) is 4.42 Å². The minimum absolute atomic E-state index is 0.390. The molecule has 0 atom stereocenters. The second-order valence-electron chi connectivity index (χ2n) is 6.76. The Morgan fingerprint density at radius 2 is 1.88 bits per heavy atom. The van der Waals surface area contributed by atoms with Crippen molar-refractivity contribution in [3.63, 3.8) is 0 Å². The van der Waals surface area contributed by atoms with Crippen LogP contribution < -0.4 is 0 Å². The van der Waals surface area contributed by atoms with Crippen LogP contribution in [0.5, 0.6) is 0 Å². The van der Waals surface area contributed by atoms with Gasteiger partial charge in [0.2, 0.25) is 0 Å². The molecule has 3 nitrogen and oxygen atoms in total. The molecule has 0 saturated carbocycles. The van der Waals surface area contributed by atoms with E-state index < -0.39 is 0 Å². The van der Waals surface area contributed by atoms with Crippen LogP contribution in [0.3, 0.4) is 0 Å². The lowest BCUT2D eigenvalue weighted by Gasteiger charge is -2.10. The van der Waals surface area contributed by atoms with Crippen molar-refractivity contribution in [2.75, 3.05) is 0 Å². The summed E-state index contributed by atoms with van der Waals surface area (Å²) in [4.78, 5) is 4.61. The average Bonchev–Trinajstić information content (AvgIpc) is 3.02. The third-order valence-corrected chi connectivity index (χ3v) is 5.48. The van der Waals surface area contributed by atoms with Gasteiger partial charge in [0.1, 0.15) is 11.2 Å². The van der Waals surface area contributed by atoms with Crippen LogP contribution in [-0.2, 0) is 0 Å². The zero-order valence-electron chi connectivity index (χ0n) is 14.8. The van der Waals surface area contributed by atoms with Crippen molar-refractivity contribution in [1.82, 2.24) is 4.98 Å². The molecule has 2 heterocycles. The summed E-state index contributed by atoms with van der Waals surface area (Å²) in [5.74, 6) is 0.390. The van der Waals surface area contributed by atoms with Crippen LogP contribution in [0, 0.1) is 18.3 Å². The normalized spacial score (nSPS) is 11.4. The number of nitriles is 1. The molecule has 4 heteroatoms.